The summed E-state index contributed by atoms with van der Waals surface area (Å²) in [7, 11) is 0. The minimum atomic E-state index is -1.40. The van der Waals surface area contributed by atoms with Crippen molar-refractivity contribution in [2.45, 2.75) is 135 Å². The van der Waals surface area contributed by atoms with Crippen LogP contribution in [0.5, 0.6) is 0 Å². The van der Waals surface area contributed by atoms with Gasteiger partial charge in [0.25, 0.3) is 0 Å². The van der Waals surface area contributed by atoms with Gasteiger partial charge in [0.2, 0.25) is 11.8 Å². The van der Waals surface area contributed by atoms with Gasteiger partial charge in [0.1, 0.15) is 12.1 Å². The fraction of sp³-hybridized carbons (Fsp3) is 0.590. The van der Waals surface area contributed by atoms with Gasteiger partial charge in [0, 0.05) is 12.8 Å². The normalized spacial score (nSPS) is 13.4. The van der Waals surface area contributed by atoms with Gasteiger partial charge in [-0.2, -0.15) is 0 Å². The second-order valence-corrected chi connectivity index (χ2v) is 11.6. The maximum atomic E-state index is 12.4. The van der Waals surface area contributed by atoms with Crippen molar-refractivity contribution in [1.82, 2.24) is 10.6 Å². The lowest BCUT2D eigenvalue weighted by atomic mass is 10.1. The molecule has 2 amide bonds. The Bertz CT molecular complexity index is 1040. The predicted molar refractivity (Wildman–Crippen MR) is 194 cm³/mol. The standard InChI is InChI=1S/C39H62N2O7/c1-3-5-6-7-8-9-10-11-12-13-14-15-16-17-18-19-20-21-22-23-27-31-38(45)48-34(28-4-2)29-25-24-26-30-36(43)40-32-37(44)41-35(33-42)39(46)47/h5-6,8-9,11-12,14-15,17-18,20-21,34-35,42H,3-4,7,10,13,16,19,22-33H2,1-2H3,(H,40,43)(H,41,44)(H,46,47)/b6-5-,9-8-,12-11-,15-14-,18-17-,21-20-. The summed E-state index contributed by atoms with van der Waals surface area (Å²) in [5.41, 5.74) is 0. The number of allylic oxidation sites excluding steroid dienone is 12. The molecule has 0 radical (unpaired) electrons. The molecule has 0 aromatic carbocycles. The summed E-state index contributed by atoms with van der Waals surface area (Å²) < 4.78 is 5.72. The quantitative estimate of drug-likeness (QED) is 0.0351. The van der Waals surface area contributed by atoms with Crippen LogP contribution < -0.4 is 10.6 Å². The number of carbonyl (C=O) groups excluding carboxylic acids is 3. The lowest BCUT2D eigenvalue weighted by molar-refractivity contribution is -0.150. The van der Waals surface area contributed by atoms with Crippen molar-refractivity contribution in [1.29, 1.82) is 0 Å². The van der Waals surface area contributed by atoms with Crippen LogP contribution in [0, 0.1) is 0 Å². The number of hydrogen-bond donors (Lipinski definition) is 4. The van der Waals surface area contributed by atoms with Gasteiger partial charge in [0.05, 0.1) is 13.2 Å². The summed E-state index contributed by atoms with van der Waals surface area (Å²) in [6.45, 7) is 3.13. The number of aliphatic carboxylic acids is 1. The molecule has 2 atom stereocenters. The minimum absolute atomic E-state index is 0.114. The zero-order valence-electron chi connectivity index (χ0n) is 29.5. The highest BCUT2D eigenvalue weighted by atomic mass is 16.5. The first-order chi connectivity index (χ1) is 23.3. The smallest absolute Gasteiger partial charge is 0.328 e. The van der Waals surface area contributed by atoms with Crippen molar-refractivity contribution >= 4 is 23.8 Å². The van der Waals surface area contributed by atoms with Crippen LogP contribution in [-0.4, -0.2) is 59.3 Å². The number of unbranched alkanes of at least 4 members (excludes halogenated alkanes) is 4. The van der Waals surface area contributed by atoms with Crippen LogP contribution in [-0.2, 0) is 23.9 Å². The third kappa shape index (κ3) is 29.7. The largest absolute Gasteiger partial charge is 0.480 e. The SMILES string of the molecule is CC/C=C\C/C=C\C/C=C\C/C=C\C/C=C\C/C=C\CCCCC(=O)OC(CCC)CCCCCC(=O)NCC(=O)NC(CO)C(=O)O. The van der Waals surface area contributed by atoms with Crippen molar-refractivity contribution < 1.29 is 34.1 Å². The zero-order chi connectivity index (χ0) is 35.5. The number of carboxylic acids is 1. The molecule has 9 nitrogen and oxygen atoms in total. The van der Waals surface area contributed by atoms with Gasteiger partial charge >= 0.3 is 11.9 Å². The van der Waals surface area contributed by atoms with Crippen LogP contribution in [0.25, 0.3) is 0 Å². The van der Waals surface area contributed by atoms with E-state index >= 15 is 0 Å². The number of nitrogens with one attached hydrogen (secondary N) is 2. The number of esters is 1. The first kappa shape index (κ1) is 44.3. The number of hydrogen-bond acceptors (Lipinski definition) is 6. The van der Waals surface area contributed by atoms with Crippen LogP contribution in [0.15, 0.2) is 72.9 Å². The van der Waals surface area contributed by atoms with E-state index in [1.807, 2.05) is 0 Å². The lowest BCUT2D eigenvalue weighted by Gasteiger charge is -2.17. The van der Waals surface area contributed by atoms with E-state index in [-0.39, 0.29) is 30.9 Å². The van der Waals surface area contributed by atoms with Gasteiger partial charge in [-0.3, -0.25) is 14.4 Å². The van der Waals surface area contributed by atoms with Crippen LogP contribution in [0.1, 0.15) is 123 Å². The fourth-order valence-corrected chi connectivity index (χ4v) is 4.53. The Morgan fingerprint density at radius 3 is 1.71 bits per heavy atom. The third-order valence-corrected chi connectivity index (χ3v) is 7.20. The summed E-state index contributed by atoms with van der Waals surface area (Å²) in [6.07, 6.45) is 40.2. The first-order valence-electron chi connectivity index (χ1n) is 17.8. The van der Waals surface area contributed by atoms with Crippen molar-refractivity contribution in [3.05, 3.63) is 72.9 Å². The molecule has 9 heteroatoms. The number of ether oxygens (including phenoxy) is 1. The van der Waals surface area contributed by atoms with E-state index < -0.39 is 24.5 Å². The zero-order valence-corrected chi connectivity index (χ0v) is 29.5. The van der Waals surface area contributed by atoms with Crippen LogP contribution in [0.3, 0.4) is 0 Å². The third-order valence-electron chi connectivity index (χ3n) is 7.20. The van der Waals surface area contributed by atoms with E-state index in [1.165, 1.54) is 0 Å². The Labute approximate surface area is 289 Å². The molecule has 0 bridgehead atoms. The van der Waals surface area contributed by atoms with Gasteiger partial charge in [-0.15, -0.1) is 0 Å². The molecule has 0 aromatic rings. The van der Waals surface area contributed by atoms with E-state index in [1.54, 1.807) is 0 Å². The molecule has 0 aliphatic rings. The Morgan fingerprint density at radius 2 is 1.19 bits per heavy atom. The fourth-order valence-electron chi connectivity index (χ4n) is 4.53. The summed E-state index contributed by atoms with van der Waals surface area (Å²) in [5.74, 6) is -2.48. The summed E-state index contributed by atoms with van der Waals surface area (Å²) in [6, 6.07) is -1.40. The highest BCUT2D eigenvalue weighted by Gasteiger charge is 2.19. The number of amides is 2. The monoisotopic (exact) mass is 670 g/mol. The molecule has 0 spiro atoms. The lowest BCUT2D eigenvalue weighted by Crippen LogP contribution is -2.47. The Kier molecular flexibility index (Phi) is 30.6. The van der Waals surface area contributed by atoms with Gasteiger partial charge in [0.15, 0.2) is 0 Å². The maximum absolute atomic E-state index is 12.4. The molecule has 0 aliphatic carbocycles. The minimum Gasteiger partial charge on any atom is -0.480 e. The second-order valence-electron chi connectivity index (χ2n) is 11.6. The van der Waals surface area contributed by atoms with Crippen molar-refractivity contribution in [3.63, 3.8) is 0 Å². The molecule has 0 rings (SSSR count). The van der Waals surface area contributed by atoms with E-state index in [0.29, 0.717) is 12.8 Å². The Balaban J connectivity index is 3.91. The molecular weight excluding hydrogens is 608 g/mol. The molecule has 0 heterocycles. The van der Waals surface area contributed by atoms with Gasteiger partial charge in [-0.25, -0.2) is 4.79 Å². The summed E-state index contributed by atoms with van der Waals surface area (Å²) in [5, 5.41) is 22.3. The van der Waals surface area contributed by atoms with Crippen LogP contribution >= 0.6 is 0 Å². The van der Waals surface area contributed by atoms with Crippen LogP contribution in [0.2, 0.25) is 0 Å². The molecule has 0 saturated heterocycles. The summed E-state index contributed by atoms with van der Waals surface area (Å²) in [4.78, 5) is 46.9. The highest BCUT2D eigenvalue weighted by Crippen LogP contribution is 2.15. The predicted octanol–water partition coefficient (Wildman–Crippen LogP) is 7.58. The molecule has 0 aromatic heterocycles. The highest BCUT2D eigenvalue weighted by molar-refractivity contribution is 5.87. The van der Waals surface area contributed by atoms with E-state index in [0.717, 1.165) is 89.9 Å². The van der Waals surface area contributed by atoms with Gasteiger partial charge in [-0.1, -0.05) is 99.6 Å². The Morgan fingerprint density at radius 1 is 0.646 bits per heavy atom. The molecule has 4 N–H and O–H groups in total. The second kappa shape index (κ2) is 33.2. The molecule has 0 saturated carbocycles. The number of aliphatic hydroxyl groups is 1. The number of carbonyl (C=O) groups is 4. The number of rotatable bonds is 30. The molecule has 270 valence electrons. The number of aliphatic hydroxyl groups excluding tert-OH is 1. The van der Waals surface area contributed by atoms with Gasteiger partial charge < -0.3 is 25.6 Å². The Hall–Kier alpha value is -3.72. The van der Waals surface area contributed by atoms with Crippen molar-refractivity contribution in [2.24, 2.45) is 0 Å². The molecule has 0 aliphatic heterocycles. The van der Waals surface area contributed by atoms with E-state index in [9.17, 15) is 19.2 Å². The van der Waals surface area contributed by atoms with Gasteiger partial charge in [-0.05, 0) is 83.5 Å². The average molecular weight is 671 g/mol. The molecule has 0 fully saturated rings. The van der Waals surface area contributed by atoms with Crippen molar-refractivity contribution in [2.75, 3.05) is 13.2 Å². The molecule has 2 unspecified atom stereocenters. The van der Waals surface area contributed by atoms with E-state index in [2.05, 4.69) is 97.4 Å². The summed E-state index contributed by atoms with van der Waals surface area (Å²) >= 11 is 0. The molecular formula is C39H62N2O7. The first-order valence-corrected chi connectivity index (χ1v) is 17.8. The maximum Gasteiger partial charge on any atom is 0.328 e. The number of carboxylic acid groups (broad SMARTS) is 1. The van der Waals surface area contributed by atoms with E-state index in [4.69, 9.17) is 14.9 Å². The average Bonchev–Trinajstić information content (AvgIpc) is 3.06. The van der Waals surface area contributed by atoms with Crippen molar-refractivity contribution in [3.8, 4) is 0 Å². The molecule has 48 heavy (non-hydrogen) atoms. The topological polar surface area (TPSA) is 142 Å². The van der Waals surface area contributed by atoms with Crippen LogP contribution in [0.4, 0.5) is 0 Å².